The van der Waals surface area contributed by atoms with E-state index in [1.807, 2.05) is 30.3 Å². The zero-order chi connectivity index (χ0) is 13.8. The first kappa shape index (κ1) is 14.6. The van der Waals surface area contributed by atoms with E-state index in [1.54, 1.807) is 6.20 Å². The Hall–Kier alpha value is -0.850. The predicted octanol–water partition coefficient (Wildman–Crippen LogP) is 4.38. The van der Waals surface area contributed by atoms with Crippen LogP contribution in [0.15, 0.2) is 55.4 Å². The molecule has 0 aliphatic heterocycles. The van der Waals surface area contributed by atoms with Crippen LogP contribution in [0.5, 0.6) is 0 Å². The minimum absolute atomic E-state index is 0.0468. The molecule has 0 saturated carbocycles. The van der Waals surface area contributed by atoms with Gasteiger partial charge in [0.2, 0.25) is 0 Å². The normalized spacial score (nSPS) is 10.4. The van der Waals surface area contributed by atoms with Gasteiger partial charge in [-0.1, -0.05) is 23.9 Å². The summed E-state index contributed by atoms with van der Waals surface area (Å²) in [6.45, 7) is 0. The molecule has 6 heteroatoms. The number of aromatic nitrogens is 1. The predicted molar refractivity (Wildman–Crippen MR) is 81.5 cm³/mol. The molecule has 98 valence electrons. The summed E-state index contributed by atoms with van der Waals surface area (Å²) in [4.78, 5) is 15.9. The van der Waals surface area contributed by atoms with Crippen LogP contribution >= 0.6 is 43.6 Å². The lowest BCUT2D eigenvalue weighted by atomic mass is 10.2. The van der Waals surface area contributed by atoms with E-state index in [9.17, 15) is 4.79 Å². The largest absolute Gasteiger partial charge is 0.481 e. The lowest BCUT2D eigenvalue weighted by Gasteiger charge is -2.04. The maximum Gasteiger partial charge on any atom is 0.307 e. The quantitative estimate of drug-likeness (QED) is 0.824. The fourth-order valence-corrected chi connectivity index (χ4v) is 3.43. The van der Waals surface area contributed by atoms with Gasteiger partial charge in [-0.05, 0) is 55.6 Å². The van der Waals surface area contributed by atoms with Gasteiger partial charge in [-0.25, -0.2) is 4.98 Å². The molecule has 0 saturated heterocycles. The van der Waals surface area contributed by atoms with Crippen molar-refractivity contribution in [2.75, 3.05) is 0 Å². The maximum atomic E-state index is 10.6. The number of pyridine rings is 1. The lowest BCUT2D eigenvalue weighted by molar-refractivity contribution is -0.136. The maximum absolute atomic E-state index is 10.6. The number of halogens is 2. The number of carbonyl (C=O) groups is 1. The van der Waals surface area contributed by atoms with E-state index < -0.39 is 5.97 Å². The van der Waals surface area contributed by atoms with E-state index in [0.717, 1.165) is 24.4 Å². The Morgan fingerprint density at radius 2 is 1.95 bits per heavy atom. The fraction of sp³-hybridized carbons (Fsp3) is 0.0769. The number of benzene rings is 1. The van der Waals surface area contributed by atoms with Gasteiger partial charge in [-0.15, -0.1) is 0 Å². The summed E-state index contributed by atoms with van der Waals surface area (Å²) in [5, 5.41) is 9.58. The van der Waals surface area contributed by atoms with E-state index in [4.69, 9.17) is 5.11 Å². The average molecular weight is 403 g/mol. The van der Waals surface area contributed by atoms with E-state index in [0.29, 0.717) is 0 Å². The van der Waals surface area contributed by atoms with Gasteiger partial charge in [0, 0.05) is 15.6 Å². The standard InChI is InChI=1S/C13H9Br2NO2S/c14-9-6-11(15)13(16-7-9)19-10-3-1-8(2-4-10)5-12(17)18/h1-4,6-7H,5H2,(H,17,18). The van der Waals surface area contributed by atoms with Gasteiger partial charge in [0.05, 0.1) is 10.9 Å². The molecule has 0 aliphatic rings. The van der Waals surface area contributed by atoms with Crippen LogP contribution in [0.1, 0.15) is 5.56 Å². The number of carboxylic acid groups (broad SMARTS) is 1. The minimum Gasteiger partial charge on any atom is -0.481 e. The number of nitrogens with zero attached hydrogens (tertiary/aromatic N) is 1. The van der Waals surface area contributed by atoms with Crippen LogP contribution in [0.3, 0.4) is 0 Å². The molecule has 19 heavy (non-hydrogen) atoms. The Bertz CT molecular complexity index is 602. The number of carboxylic acids is 1. The molecule has 0 bridgehead atoms. The Labute approximate surface area is 131 Å². The van der Waals surface area contributed by atoms with Crippen LogP contribution < -0.4 is 0 Å². The monoisotopic (exact) mass is 401 g/mol. The fourth-order valence-electron chi connectivity index (χ4n) is 1.44. The van der Waals surface area contributed by atoms with E-state index >= 15 is 0 Å². The minimum atomic E-state index is -0.822. The highest BCUT2D eigenvalue weighted by Crippen LogP contribution is 2.33. The van der Waals surface area contributed by atoms with Crippen molar-refractivity contribution in [1.82, 2.24) is 4.98 Å². The molecule has 0 amide bonds. The SMILES string of the molecule is O=C(O)Cc1ccc(Sc2ncc(Br)cc2Br)cc1. The summed E-state index contributed by atoms with van der Waals surface area (Å²) < 4.78 is 1.84. The molecular weight excluding hydrogens is 394 g/mol. The molecule has 3 nitrogen and oxygen atoms in total. The zero-order valence-corrected chi connectivity index (χ0v) is 13.6. The summed E-state index contributed by atoms with van der Waals surface area (Å²) in [5.74, 6) is -0.822. The molecule has 1 aromatic heterocycles. The molecule has 0 radical (unpaired) electrons. The Morgan fingerprint density at radius 3 is 2.53 bits per heavy atom. The van der Waals surface area contributed by atoms with Crippen LogP contribution in [0.4, 0.5) is 0 Å². The molecule has 2 rings (SSSR count). The van der Waals surface area contributed by atoms with Crippen molar-refractivity contribution in [2.45, 2.75) is 16.3 Å². The van der Waals surface area contributed by atoms with E-state index in [-0.39, 0.29) is 6.42 Å². The second kappa shape index (κ2) is 6.54. The van der Waals surface area contributed by atoms with Crippen molar-refractivity contribution in [1.29, 1.82) is 0 Å². The molecule has 1 aromatic carbocycles. The van der Waals surface area contributed by atoms with Crippen LogP contribution in [0.25, 0.3) is 0 Å². The summed E-state index contributed by atoms with van der Waals surface area (Å²) in [6.07, 6.45) is 1.79. The highest BCUT2D eigenvalue weighted by Gasteiger charge is 2.06. The highest BCUT2D eigenvalue weighted by molar-refractivity contribution is 9.11. The number of rotatable bonds is 4. The van der Waals surface area contributed by atoms with Crippen molar-refractivity contribution in [3.05, 3.63) is 51.0 Å². The molecule has 0 fully saturated rings. The second-order valence-electron chi connectivity index (χ2n) is 3.76. The van der Waals surface area contributed by atoms with E-state index in [2.05, 4.69) is 36.8 Å². The highest BCUT2D eigenvalue weighted by atomic mass is 79.9. The zero-order valence-electron chi connectivity index (χ0n) is 9.64. The van der Waals surface area contributed by atoms with Gasteiger partial charge in [0.25, 0.3) is 0 Å². The summed E-state index contributed by atoms with van der Waals surface area (Å²) >= 11 is 8.34. The first-order chi connectivity index (χ1) is 9.04. The molecule has 0 aliphatic carbocycles. The Balaban J connectivity index is 2.13. The van der Waals surface area contributed by atoms with Gasteiger partial charge < -0.3 is 5.11 Å². The van der Waals surface area contributed by atoms with Gasteiger partial charge >= 0.3 is 5.97 Å². The van der Waals surface area contributed by atoms with Crippen molar-refractivity contribution in [2.24, 2.45) is 0 Å². The second-order valence-corrected chi connectivity index (χ2v) is 6.59. The molecule has 0 unspecified atom stereocenters. The van der Waals surface area contributed by atoms with Crippen molar-refractivity contribution in [3.8, 4) is 0 Å². The number of hydrogen-bond donors (Lipinski definition) is 1. The van der Waals surface area contributed by atoms with Crippen molar-refractivity contribution >= 4 is 49.6 Å². The Morgan fingerprint density at radius 1 is 1.26 bits per heavy atom. The molecule has 1 N–H and O–H groups in total. The summed E-state index contributed by atoms with van der Waals surface area (Å²) in [7, 11) is 0. The number of hydrogen-bond acceptors (Lipinski definition) is 3. The topological polar surface area (TPSA) is 50.2 Å². The molecule has 0 atom stereocenters. The van der Waals surface area contributed by atoms with Crippen LogP contribution in [0.2, 0.25) is 0 Å². The van der Waals surface area contributed by atoms with Gasteiger partial charge in [-0.2, -0.15) is 0 Å². The van der Waals surface area contributed by atoms with Crippen molar-refractivity contribution in [3.63, 3.8) is 0 Å². The van der Waals surface area contributed by atoms with Gasteiger partial charge in [0.1, 0.15) is 5.03 Å². The first-order valence-corrected chi connectivity index (χ1v) is 7.74. The third-order valence-electron chi connectivity index (χ3n) is 2.27. The third kappa shape index (κ3) is 4.33. The smallest absolute Gasteiger partial charge is 0.307 e. The molecule has 2 aromatic rings. The summed E-state index contributed by atoms with van der Waals surface area (Å²) in [5.41, 5.74) is 0.791. The Kier molecular flexibility index (Phi) is 5.01. The van der Waals surface area contributed by atoms with Gasteiger partial charge in [-0.3, -0.25) is 4.79 Å². The van der Waals surface area contributed by atoms with Crippen molar-refractivity contribution < 1.29 is 9.90 Å². The molecular formula is C13H9Br2NO2S. The lowest BCUT2D eigenvalue weighted by Crippen LogP contribution is -1.99. The van der Waals surface area contributed by atoms with Crippen LogP contribution in [-0.4, -0.2) is 16.1 Å². The molecule has 1 heterocycles. The van der Waals surface area contributed by atoms with Crippen LogP contribution in [0, 0.1) is 0 Å². The van der Waals surface area contributed by atoms with Crippen LogP contribution in [-0.2, 0) is 11.2 Å². The number of aliphatic carboxylic acids is 1. The average Bonchev–Trinajstić information content (AvgIpc) is 2.34. The molecule has 0 spiro atoms. The summed E-state index contributed by atoms with van der Waals surface area (Å²) in [6, 6.07) is 9.39. The van der Waals surface area contributed by atoms with Gasteiger partial charge in [0.15, 0.2) is 0 Å². The van der Waals surface area contributed by atoms with E-state index in [1.165, 1.54) is 11.8 Å². The first-order valence-electron chi connectivity index (χ1n) is 5.34. The third-order valence-corrected chi connectivity index (χ3v) is 4.59.